The second-order valence-corrected chi connectivity index (χ2v) is 7.51. The van der Waals surface area contributed by atoms with Crippen molar-refractivity contribution in [2.24, 2.45) is 0 Å². The first-order chi connectivity index (χ1) is 15.1. The van der Waals surface area contributed by atoms with E-state index < -0.39 is 18.3 Å². The van der Waals surface area contributed by atoms with Gasteiger partial charge in [0.2, 0.25) is 0 Å². The van der Waals surface area contributed by atoms with Gasteiger partial charge >= 0.3 is 6.09 Å². The number of alkyl carbamates (subject to hydrolysis) is 1. The van der Waals surface area contributed by atoms with E-state index in [-0.39, 0.29) is 19.1 Å². The predicted octanol–water partition coefficient (Wildman–Crippen LogP) is 3.43. The molecule has 31 heavy (non-hydrogen) atoms. The Morgan fingerprint density at radius 1 is 0.968 bits per heavy atom. The van der Waals surface area contributed by atoms with Gasteiger partial charge in [-0.05, 0) is 33.9 Å². The van der Waals surface area contributed by atoms with Crippen molar-refractivity contribution >= 4 is 12.4 Å². The Morgan fingerprint density at radius 3 is 2.26 bits per heavy atom. The first kappa shape index (κ1) is 20.8. The number of ether oxygens (including phenoxy) is 1. The zero-order valence-corrected chi connectivity index (χ0v) is 16.8. The maximum absolute atomic E-state index is 12.2. The molecule has 0 aromatic heterocycles. The van der Waals surface area contributed by atoms with Crippen LogP contribution in [0.4, 0.5) is 4.79 Å². The summed E-state index contributed by atoms with van der Waals surface area (Å²) in [5.41, 5.74) is 5.30. The minimum Gasteiger partial charge on any atom is -0.449 e. The van der Waals surface area contributed by atoms with Gasteiger partial charge in [0, 0.05) is 18.0 Å². The van der Waals surface area contributed by atoms with Crippen molar-refractivity contribution in [2.75, 3.05) is 13.2 Å². The molecule has 6 heteroatoms. The first-order valence-electron chi connectivity index (χ1n) is 10.1. The molecule has 3 N–H and O–H groups in total. The SMILES string of the molecule is O=Cc1cccc(C(O)C(O)CNC(=O)OCC2c3ccccc3-c3ccccc32)c1. The Kier molecular flexibility index (Phi) is 6.11. The highest BCUT2D eigenvalue weighted by molar-refractivity contribution is 5.79. The summed E-state index contributed by atoms with van der Waals surface area (Å²) in [6, 6.07) is 22.4. The zero-order valence-electron chi connectivity index (χ0n) is 16.8. The molecule has 4 rings (SSSR count). The van der Waals surface area contributed by atoms with Gasteiger partial charge in [-0.15, -0.1) is 0 Å². The Labute approximate surface area is 180 Å². The third-order valence-corrected chi connectivity index (χ3v) is 5.55. The number of aliphatic hydroxyl groups excluding tert-OH is 2. The molecular formula is C25H23NO5. The fourth-order valence-corrected chi connectivity index (χ4v) is 3.99. The van der Waals surface area contributed by atoms with Crippen molar-refractivity contribution in [1.82, 2.24) is 5.32 Å². The highest BCUT2D eigenvalue weighted by Crippen LogP contribution is 2.44. The third-order valence-electron chi connectivity index (χ3n) is 5.55. The van der Waals surface area contributed by atoms with Gasteiger partial charge in [-0.2, -0.15) is 0 Å². The van der Waals surface area contributed by atoms with Crippen LogP contribution in [0, 0.1) is 0 Å². The van der Waals surface area contributed by atoms with Crippen molar-refractivity contribution < 1.29 is 24.5 Å². The summed E-state index contributed by atoms with van der Waals surface area (Å²) in [4.78, 5) is 23.1. The van der Waals surface area contributed by atoms with Crippen molar-refractivity contribution in [2.45, 2.75) is 18.1 Å². The van der Waals surface area contributed by atoms with Crippen LogP contribution in [-0.2, 0) is 4.74 Å². The minimum absolute atomic E-state index is 0.0558. The van der Waals surface area contributed by atoms with Crippen molar-refractivity contribution in [3.8, 4) is 11.1 Å². The van der Waals surface area contributed by atoms with Crippen LogP contribution in [0.3, 0.4) is 0 Å². The Bertz CT molecular complexity index is 1050. The van der Waals surface area contributed by atoms with Crippen LogP contribution in [0.5, 0.6) is 0 Å². The molecule has 1 aliphatic carbocycles. The normalized spacial score (nSPS) is 14.3. The molecule has 158 valence electrons. The number of carbonyl (C=O) groups excluding carboxylic acids is 2. The molecule has 0 saturated heterocycles. The van der Waals surface area contributed by atoms with E-state index in [2.05, 4.69) is 17.4 Å². The summed E-state index contributed by atoms with van der Waals surface area (Å²) < 4.78 is 5.42. The van der Waals surface area contributed by atoms with Gasteiger partial charge in [0.25, 0.3) is 0 Å². The van der Waals surface area contributed by atoms with E-state index in [4.69, 9.17) is 4.74 Å². The van der Waals surface area contributed by atoms with Gasteiger partial charge in [0.1, 0.15) is 25.1 Å². The second-order valence-electron chi connectivity index (χ2n) is 7.51. The smallest absolute Gasteiger partial charge is 0.407 e. The van der Waals surface area contributed by atoms with E-state index in [0.29, 0.717) is 17.4 Å². The first-order valence-corrected chi connectivity index (χ1v) is 10.1. The van der Waals surface area contributed by atoms with E-state index in [1.807, 2.05) is 36.4 Å². The molecule has 0 fully saturated rings. The standard InChI is InChI=1S/C25H23NO5/c27-14-16-6-5-7-17(12-16)24(29)23(28)13-26-25(30)31-15-22-20-10-3-1-8-18(20)19-9-2-4-11-21(19)22/h1-12,14,22-24,28-29H,13,15H2,(H,26,30). The number of rotatable bonds is 7. The molecule has 3 aromatic rings. The lowest BCUT2D eigenvalue weighted by Gasteiger charge is -2.19. The lowest BCUT2D eigenvalue weighted by Crippen LogP contribution is -2.36. The van der Waals surface area contributed by atoms with Gasteiger partial charge in [-0.25, -0.2) is 4.79 Å². The van der Waals surface area contributed by atoms with Crippen LogP contribution in [0.25, 0.3) is 11.1 Å². The fraction of sp³-hybridized carbons (Fsp3) is 0.200. The van der Waals surface area contributed by atoms with Crippen molar-refractivity contribution in [3.63, 3.8) is 0 Å². The second kappa shape index (κ2) is 9.12. The maximum atomic E-state index is 12.2. The predicted molar refractivity (Wildman–Crippen MR) is 116 cm³/mol. The number of aldehydes is 1. The molecule has 1 amide bonds. The van der Waals surface area contributed by atoms with Gasteiger partial charge < -0.3 is 20.3 Å². The molecule has 2 atom stereocenters. The Hall–Kier alpha value is -3.48. The average molecular weight is 417 g/mol. The minimum atomic E-state index is -1.25. The van der Waals surface area contributed by atoms with E-state index in [9.17, 15) is 19.8 Å². The third kappa shape index (κ3) is 4.35. The molecule has 0 spiro atoms. The summed E-state index contributed by atoms with van der Waals surface area (Å²) in [6.07, 6.45) is -2.50. The topological polar surface area (TPSA) is 95.9 Å². The molecule has 0 heterocycles. The summed E-state index contributed by atoms with van der Waals surface area (Å²) in [7, 11) is 0. The van der Waals surface area contributed by atoms with Gasteiger partial charge in [0.05, 0.1) is 0 Å². The summed E-state index contributed by atoms with van der Waals surface area (Å²) in [5.74, 6) is -0.0558. The number of benzene rings is 3. The van der Waals surface area contributed by atoms with E-state index in [0.717, 1.165) is 22.3 Å². The monoisotopic (exact) mass is 417 g/mol. The van der Waals surface area contributed by atoms with Gasteiger partial charge in [-0.3, -0.25) is 4.79 Å². The molecule has 0 saturated carbocycles. The molecule has 0 aliphatic heterocycles. The molecule has 0 radical (unpaired) electrons. The number of amides is 1. The number of carbonyl (C=O) groups is 2. The van der Waals surface area contributed by atoms with Gasteiger partial charge in [-0.1, -0.05) is 66.7 Å². The van der Waals surface area contributed by atoms with Crippen molar-refractivity contribution in [3.05, 3.63) is 95.1 Å². The van der Waals surface area contributed by atoms with Crippen LogP contribution >= 0.6 is 0 Å². The van der Waals surface area contributed by atoms with Crippen LogP contribution in [0.15, 0.2) is 72.8 Å². The lowest BCUT2D eigenvalue weighted by molar-refractivity contribution is 0.0185. The van der Waals surface area contributed by atoms with E-state index >= 15 is 0 Å². The maximum Gasteiger partial charge on any atom is 0.407 e. The molecular weight excluding hydrogens is 394 g/mol. The molecule has 0 bridgehead atoms. The van der Waals surface area contributed by atoms with Gasteiger partial charge in [0.15, 0.2) is 0 Å². The lowest BCUT2D eigenvalue weighted by atomic mass is 9.98. The molecule has 2 unspecified atom stereocenters. The van der Waals surface area contributed by atoms with E-state index in [1.165, 1.54) is 6.07 Å². The van der Waals surface area contributed by atoms with Crippen LogP contribution < -0.4 is 5.32 Å². The molecule has 6 nitrogen and oxygen atoms in total. The largest absolute Gasteiger partial charge is 0.449 e. The zero-order chi connectivity index (χ0) is 21.8. The summed E-state index contributed by atoms with van der Waals surface area (Å²) >= 11 is 0. The van der Waals surface area contributed by atoms with Crippen LogP contribution in [0.1, 0.15) is 39.1 Å². The quantitative estimate of drug-likeness (QED) is 0.512. The number of nitrogens with one attached hydrogen (secondary N) is 1. The number of hydrogen-bond acceptors (Lipinski definition) is 5. The highest BCUT2D eigenvalue weighted by Gasteiger charge is 2.29. The summed E-state index contributed by atoms with van der Waals surface area (Å²) in [5, 5.41) is 23.0. The fourth-order valence-electron chi connectivity index (χ4n) is 3.99. The van der Waals surface area contributed by atoms with E-state index in [1.54, 1.807) is 18.2 Å². The highest BCUT2D eigenvalue weighted by atomic mass is 16.5. The van der Waals surface area contributed by atoms with Crippen LogP contribution in [-0.4, -0.2) is 41.8 Å². The average Bonchev–Trinajstić information content (AvgIpc) is 3.14. The van der Waals surface area contributed by atoms with Crippen molar-refractivity contribution in [1.29, 1.82) is 0 Å². The number of aliphatic hydroxyl groups is 2. The number of fused-ring (bicyclic) bond motifs is 3. The molecule has 3 aromatic carbocycles. The Morgan fingerprint density at radius 2 is 1.61 bits per heavy atom. The molecule has 1 aliphatic rings. The number of hydrogen-bond donors (Lipinski definition) is 3. The Balaban J connectivity index is 1.34. The van der Waals surface area contributed by atoms with Crippen LogP contribution in [0.2, 0.25) is 0 Å². The summed E-state index contributed by atoms with van der Waals surface area (Å²) in [6.45, 7) is -0.0248.